The van der Waals surface area contributed by atoms with Crippen LogP contribution >= 0.6 is 0 Å². The minimum atomic E-state index is 0.608. The van der Waals surface area contributed by atoms with Crippen LogP contribution in [-0.2, 0) is 0 Å². The van der Waals surface area contributed by atoms with Crippen LogP contribution in [0.5, 0.6) is 0 Å². The van der Waals surface area contributed by atoms with Gasteiger partial charge in [0.25, 0.3) is 0 Å². The molecule has 0 N–H and O–H groups in total. The van der Waals surface area contributed by atoms with E-state index in [0.717, 1.165) is 44.9 Å². The van der Waals surface area contributed by atoms with E-state index in [2.05, 4.69) is 168 Å². The maximum Gasteiger partial charge on any atom is 0.0490 e. The first kappa shape index (κ1) is 33.0. The normalized spacial score (nSPS) is 22.1. The molecule has 0 bridgehead atoms. The predicted octanol–water partition coefficient (Wildman–Crippen LogP) is 13.9. The van der Waals surface area contributed by atoms with Gasteiger partial charge in [-0.15, -0.1) is 0 Å². The molecule has 2 unspecified atom stereocenters. The highest BCUT2D eigenvalue weighted by Crippen LogP contribution is 2.44. The molecule has 4 aromatic carbocycles. The number of anilines is 2. The molecular weight excluding hydrogens is 653 g/mol. The van der Waals surface area contributed by atoms with Crippen LogP contribution < -0.4 is 9.80 Å². The predicted molar refractivity (Wildman–Crippen MR) is 229 cm³/mol. The van der Waals surface area contributed by atoms with Crippen molar-refractivity contribution < 1.29 is 0 Å². The molecule has 0 heterocycles. The van der Waals surface area contributed by atoms with Gasteiger partial charge < -0.3 is 9.80 Å². The molecule has 6 aliphatic carbocycles. The fraction of sp³-hybridized carbons (Fsp3) is 0.231. The van der Waals surface area contributed by atoms with Gasteiger partial charge in [0.1, 0.15) is 0 Å². The minimum absolute atomic E-state index is 0.608. The Balaban J connectivity index is 1.00. The standard InChI is InChI=1S/C52H48N2/c1-3-15-43-35-47(33-27-37(43)11-1)53(51-21-9-17-41-13-5-7-19-49(41)51)45-29-23-39(24-30-45)40-25-31-46(32-26-40)54(48-34-28-38-12-2-4-16-44(38)36-48)52-22-10-18-42-14-6-8-20-50(42)52/h1-5,7-8,10-12,15-16,19-23,25,27-29,31,33-36,41-42H,6,9,13-14,17-18,24,26,30,32H2. The second-order valence-corrected chi connectivity index (χ2v) is 15.7. The SMILES string of the molecule is C1=CCC2CCC=C(N(C3=CC=C(C4=CC=C(N(C5=C6C=CCCC6CC=C5)c5ccc6ccccc6c5)CC4)CC3)c3ccc4ccccc4c3)C2=C1. The van der Waals surface area contributed by atoms with Gasteiger partial charge in [0.15, 0.2) is 0 Å². The van der Waals surface area contributed by atoms with E-state index in [1.807, 2.05) is 0 Å². The van der Waals surface area contributed by atoms with Crippen molar-refractivity contribution in [1.29, 1.82) is 0 Å². The summed E-state index contributed by atoms with van der Waals surface area (Å²) in [7, 11) is 0. The summed E-state index contributed by atoms with van der Waals surface area (Å²) in [6.45, 7) is 0. The van der Waals surface area contributed by atoms with Crippen molar-refractivity contribution in [3.8, 4) is 0 Å². The smallest absolute Gasteiger partial charge is 0.0490 e. The topological polar surface area (TPSA) is 6.48 Å². The molecule has 2 atom stereocenters. The molecule has 54 heavy (non-hydrogen) atoms. The lowest BCUT2D eigenvalue weighted by atomic mass is 9.81. The van der Waals surface area contributed by atoms with Gasteiger partial charge in [-0.1, -0.05) is 115 Å². The summed E-state index contributed by atoms with van der Waals surface area (Å²) in [6.07, 6.45) is 40.0. The van der Waals surface area contributed by atoms with Gasteiger partial charge in [-0.2, -0.15) is 0 Å². The largest absolute Gasteiger partial charge is 0.314 e. The molecule has 4 aromatic rings. The minimum Gasteiger partial charge on any atom is -0.314 e. The lowest BCUT2D eigenvalue weighted by Gasteiger charge is -2.38. The van der Waals surface area contributed by atoms with Crippen molar-refractivity contribution in [2.75, 3.05) is 9.80 Å². The molecule has 0 aliphatic heterocycles. The van der Waals surface area contributed by atoms with Crippen molar-refractivity contribution in [3.05, 3.63) is 203 Å². The van der Waals surface area contributed by atoms with E-state index in [-0.39, 0.29) is 0 Å². The zero-order chi connectivity index (χ0) is 35.8. The molecule has 0 radical (unpaired) electrons. The molecule has 0 saturated carbocycles. The number of fused-ring (bicyclic) bond motifs is 4. The van der Waals surface area contributed by atoms with Crippen LogP contribution in [0.15, 0.2) is 203 Å². The molecule has 266 valence electrons. The van der Waals surface area contributed by atoms with Crippen LogP contribution in [0.1, 0.15) is 64.2 Å². The third-order valence-corrected chi connectivity index (χ3v) is 12.5. The second kappa shape index (κ2) is 14.3. The van der Waals surface area contributed by atoms with Crippen molar-refractivity contribution in [1.82, 2.24) is 0 Å². The van der Waals surface area contributed by atoms with Crippen molar-refractivity contribution >= 4 is 32.9 Å². The Labute approximate surface area is 320 Å². The quantitative estimate of drug-likeness (QED) is 0.189. The fourth-order valence-corrected chi connectivity index (χ4v) is 9.70. The zero-order valence-corrected chi connectivity index (χ0v) is 31.1. The van der Waals surface area contributed by atoms with Gasteiger partial charge in [0, 0.05) is 34.2 Å². The molecule has 0 fully saturated rings. The molecular formula is C52H48N2. The first-order valence-corrected chi connectivity index (χ1v) is 20.3. The molecule has 0 amide bonds. The van der Waals surface area contributed by atoms with Crippen LogP contribution in [0.25, 0.3) is 21.5 Å². The number of hydrogen-bond donors (Lipinski definition) is 0. The van der Waals surface area contributed by atoms with Crippen LogP contribution in [0, 0.1) is 11.8 Å². The zero-order valence-electron chi connectivity index (χ0n) is 31.1. The highest BCUT2D eigenvalue weighted by molar-refractivity contribution is 5.88. The van der Waals surface area contributed by atoms with Gasteiger partial charge in [-0.05, 0) is 162 Å². The summed E-state index contributed by atoms with van der Waals surface area (Å²) >= 11 is 0. The summed E-state index contributed by atoms with van der Waals surface area (Å²) < 4.78 is 0. The van der Waals surface area contributed by atoms with Gasteiger partial charge in [0.2, 0.25) is 0 Å². The highest BCUT2D eigenvalue weighted by atomic mass is 15.2. The molecule has 10 rings (SSSR count). The Morgan fingerprint density at radius 2 is 1.13 bits per heavy atom. The number of nitrogens with zero attached hydrogens (tertiary/aromatic N) is 2. The summed E-state index contributed by atoms with van der Waals surface area (Å²) in [5.74, 6) is 1.22. The van der Waals surface area contributed by atoms with Crippen molar-refractivity contribution in [3.63, 3.8) is 0 Å². The van der Waals surface area contributed by atoms with E-state index >= 15 is 0 Å². The summed E-state index contributed by atoms with van der Waals surface area (Å²) in [6, 6.07) is 31.5. The fourth-order valence-electron chi connectivity index (χ4n) is 9.70. The molecule has 0 aromatic heterocycles. The third-order valence-electron chi connectivity index (χ3n) is 12.5. The van der Waals surface area contributed by atoms with Crippen LogP contribution in [0.3, 0.4) is 0 Å². The maximum atomic E-state index is 2.59. The van der Waals surface area contributed by atoms with Crippen LogP contribution in [0.2, 0.25) is 0 Å². The van der Waals surface area contributed by atoms with Crippen LogP contribution in [-0.4, -0.2) is 0 Å². The van der Waals surface area contributed by atoms with E-state index in [0.29, 0.717) is 11.8 Å². The Morgan fingerprint density at radius 3 is 1.81 bits per heavy atom. The average Bonchev–Trinajstić information content (AvgIpc) is 3.24. The van der Waals surface area contributed by atoms with Gasteiger partial charge in [-0.25, -0.2) is 0 Å². The molecule has 0 spiro atoms. The Hall–Kier alpha value is -5.60. The van der Waals surface area contributed by atoms with Gasteiger partial charge >= 0.3 is 0 Å². The monoisotopic (exact) mass is 700 g/mol. The Kier molecular flexibility index (Phi) is 8.76. The lowest BCUT2D eigenvalue weighted by Crippen LogP contribution is -2.28. The van der Waals surface area contributed by atoms with E-state index in [4.69, 9.17) is 0 Å². The summed E-state index contributed by atoms with van der Waals surface area (Å²) in [4.78, 5) is 5.16. The molecule has 6 aliphatic rings. The van der Waals surface area contributed by atoms with Gasteiger partial charge in [-0.3, -0.25) is 0 Å². The highest BCUT2D eigenvalue weighted by Gasteiger charge is 2.30. The van der Waals surface area contributed by atoms with E-state index < -0.39 is 0 Å². The first-order chi connectivity index (χ1) is 26.8. The Bertz CT molecular complexity index is 2470. The summed E-state index contributed by atoms with van der Waals surface area (Å²) in [5.41, 5.74) is 14.0. The number of rotatable bonds is 7. The maximum absolute atomic E-state index is 2.59. The summed E-state index contributed by atoms with van der Waals surface area (Å²) in [5, 5.41) is 5.16. The van der Waals surface area contributed by atoms with E-state index in [1.54, 1.807) is 0 Å². The van der Waals surface area contributed by atoms with Crippen molar-refractivity contribution in [2.45, 2.75) is 64.2 Å². The van der Waals surface area contributed by atoms with Crippen LogP contribution in [0.4, 0.5) is 11.4 Å². The number of allylic oxidation sites excluding steroid dienone is 18. The third kappa shape index (κ3) is 6.18. The van der Waals surface area contributed by atoms with Crippen molar-refractivity contribution in [2.24, 2.45) is 11.8 Å². The number of benzene rings is 4. The van der Waals surface area contributed by atoms with E-state index in [9.17, 15) is 0 Å². The van der Waals surface area contributed by atoms with E-state index in [1.165, 1.54) is 97.3 Å². The number of hydrogen-bond acceptors (Lipinski definition) is 2. The Morgan fingerprint density at radius 1 is 0.500 bits per heavy atom. The lowest BCUT2D eigenvalue weighted by molar-refractivity contribution is 0.551. The molecule has 2 heteroatoms. The molecule has 0 saturated heterocycles. The molecule has 2 nitrogen and oxygen atoms in total. The average molecular weight is 701 g/mol. The second-order valence-electron chi connectivity index (χ2n) is 15.7. The first-order valence-electron chi connectivity index (χ1n) is 20.3. The van der Waals surface area contributed by atoms with Gasteiger partial charge in [0.05, 0.1) is 0 Å².